The Morgan fingerprint density at radius 2 is 1.89 bits per heavy atom. The quantitative estimate of drug-likeness (QED) is 0.214. The molecule has 1 saturated carbocycles. The van der Waals surface area contributed by atoms with Gasteiger partial charge in [0.1, 0.15) is 11.6 Å². The maximum absolute atomic E-state index is 13.3. The Bertz CT molecular complexity index is 1280. The number of carbonyl (C=O) groups excluding carboxylic acids is 3. The van der Waals surface area contributed by atoms with Crippen molar-refractivity contribution in [3.8, 4) is 5.75 Å². The van der Waals surface area contributed by atoms with Gasteiger partial charge in [0.25, 0.3) is 23.4 Å². The first kappa shape index (κ1) is 22.4. The molecule has 2 aliphatic carbocycles. The molecule has 2 bridgehead atoms. The molecular formula is C24H19FN4O6. The minimum atomic E-state index is -0.613. The molecule has 3 amide bonds. The van der Waals surface area contributed by atoms with Gasteiger partial charge in [-0.05, 0) is 42.5 Å². The molecule has 1 heterocycles. The number of hydrazone groups is 1. The van der Waals surface area contributed by atoms with E-state index >= 15 is 0 Å². The third kappa shape index (κ3) is 4.16. The van der Waals surface area contributed by atoms with Crippen molar-refractivity contribution in [2.45, 2.75) is 6.42 Å². The highest BCUT2D eigenvalue weighted by molar-refractivity contribution is 6.07. The summed E-state index contributed by atoms with van der Waals surface area (Å²) < 4.78 is 18.8. The van der Waals surface area contributed by atoms with Gasteiger partial charge in [0, 0.05) is 23.4 Å². The van der Waals surface area contributed by atoms with E-state index in [0.29, 0.717) is 0 Å². The van der Waals surface area contributed by atoms with Crippen LogP contribution in [0.15, 0.2) is 59.7 Å². The molecule has 1 saturated heterocycles. The number of nitro groups is 1. The predicted octanol–water partition coefficient (Wildman–Crippen LogP) is 2.89. The molecule has 5 rings (SSSR count). The number of ether oxygens (including phenoxy) is 1. The Labute approximate surface area is 198 Å². The summed E-state index contributed by atoms with van der Waals surface area (Å²) in [5, 5.41) is 18.6. The van der Waals surface area contributed by atoms with Crippen molar-refractivity contribution in [2.24, 2.45) is 28.8 Å². The lowest BCUT2D eigenvalue weighted by Crippen LogP contribution is -2.28. The number of imide groups is 1. The summed E-state index contributed by atoms with van der Waals surface area (Å²) in [4.78, 5) is 48.5. The zero-order valence-corrected chi connectivity index (χ0v) is 18.2. The van der Waals surface area contributed by atoms with Crippen molar-refractivity contribution in [2.75, 3.05) is 11.9 Å². The molecule has 10 nitrogen and oxygen atoms in total. The highest BCUT2D eigenvalue weighted by atomic mass is 19.1. The Morgan fingerprint density at radius 1 is 1.17 bits per heavy atom. The van der Waals surface area contributed by atoms with Crippen LogP contribution < -0.4 is 10.1 Å². The standard InChI is InChI=1S/C24H19FN4O6/c25-16-2-1-3-17(10-16)27-20(30)12-35-19-7-6-18(29(33)34)9-15(19)11-26-28-23(31)21-13-4-5-14(8-13)22(21)24(28)32/h1-7,9-11,13-14,21-22H,8,12H2,(H,27,30)/t13-,14-,21-,22+/m0/s1. The number of non-ortho nitro benzene ring substituents is 1. The number of anilines is 1. The fourth-order valence-corrected chi connectivity index (χ4v) is 4.91. The number of carbonyl (C=O) groups is 3. The van der Waals surface area contributed by atoms with Crippen LogP contribution in [-0.2, 0) is 14.4 Å². The average molecular weight is 478 g/mol. The van der Waals surface area contributed by atoms with Crippen molar-refractivity contribution < 1.29 is 28.4 Å². The summed E-state index contributed by atoms with van der Waals surface area (Å²) in [5.41, 5.74) is 0.0851. The molecule has 35 heavy (non-hydrogen) atoms. The summed E-state index contributed by atoms with van der Waals surface area (Å²) >= 11 is 0. The van der Waals surface area contributed by atoms with Gasteiger partial charge in [-0.15, -0.1) is 0 Å². The number of amides is 3. The smallest absolute Gasteiger partial charge is 0.270 e. The van der Waals surface area contributed by atoms with Gasteiger partial charge in [-0.1, -0.05) is 18.2 Å². The van der Waals surface area contributed by atoms with Crippen LogP contribution in [0.1, 0.15) is 12.0 Å². The second-order valence-corrected chi connectivity index (χ2v) is 8.56. The molecule has 1 N–H and O–H groups in total. The Hall–Kier alpha value is -4.41. The molecule has 2 aromatic carbocycles. The Morgan fingerprint density at radius 3 is 2.54 bits per heavy atom. The molecule has 4 atom stereocenters. The van der Waals surface area contributed by atoms with Crippen molar-refractivity contribution in [1.82, 2.24) is 5.01 Å². The van der Waals surface area contributed by atoms with E-state index in [4.69, 9.17) is 4.74 Å². The van der Waals surface area contributed by atoms with Gasteiger partial charge in [-0.2, -0.15) is 10.1 Å². The molecule has 0 radical (unpaired) electrons. The van der Waals surface area contributed by atoms with Crippen LogP contribution in [-0.4, -0.2) is 40.5 Å². The zero-order chi connectivity index (χ0) is 24.7. The van der Waals surface area contributed by atoms with Gasteiger partial charge >= 0.3 is 0 Å². The van der Waals surface area contributed by atoms with Gasteiger partial charge in [0.15, 0.2) is 6.61 Å². The van der Waals surface area contributed by atoms with E-state index in [1.54, 1.807) is 0 Å². The summed E-state index contributed by atoms with van der Waals surface area (Å²) in [6, 6.07) is 8.97. The fourth-order valence-electron chi connectivity index (χ4n) is 4.91. The predicted molar refractivity (Wildman–Crippen MR) is 121 cm³/mol. The topological polar surface area (TPSA) is 131 Å². The van der Waals surface area contributed by atoms with E-state index in [-0.39, 0.29) is 34.5 Å². The second-order valence-electron chi connectivity index (χ2n) is 8.56. The number of rotatable bonds is 7. The number of benzene rings is 2. The number of allylic oxidation sites excluding steroid dienone is 2. The number of nitrogens with one attached hydrogen (secondary N) is 1. The molecular weight excluding hydrogens is 459 g/mol. The highest BCUT2D eigenvalue weighted by Crippen LogP contribution is 2.52. The van der Waals surface area contributed by atoms with Crippen molar-refractivity contribution in [3.63, 3.8) is 0 Å². The van der Waals surface area contributed by atoms with Gasteiger partial charge in [0.05, 0.1) is 23.0 Å². The monoisotopic (exact) mass is 478 g/mol. The van der Waals surface area contributed by atoms with E-state index in [1.807, 2.05) is 12.2 Å². The van der Waals surface area contributed by atoms with Crippen LogP contribution in [0.2, 0.25) is 0 Å². The SMILES string of the molecule is O=C(COc1ccc([N+](=O)[O-])cc1C=NN1C(=O)[C@@H]2[C@H](C1=O)[C@H]1C=C[C@H]2C1)Nc1cccc(F)c1. The molecule has 0 unspecified atom stereocenters. The summed E-state index contributed by atoms with van der Waals surface area (Å²) in [6.45, 7) is -0.476. The Kier molecular flexibility index (Phi) is 5.59. The van der Waals surface area contributed by atoms with Crippen LogP contribution in [0.3, 0.4) is 0 Å². The first-order valence-corrected chi connectivity index (χ1v) is 10.9. The first-order chi connectivity index (χ1) is 16.8. The number of nitrogens with zero attached hydrogens (tertiary/aromatic N) is 3. The largest absolute Gasteiger partial charge is 0.483 e. The molecule has 1 aliphatic heterocycles. The van der Waals surface area contributed by atoms with E-state index < -0.39 is 46.9 Å². The minimum absolute atomic E-state index is 0.0231. The van der Waals surface area contributed by atoms with Crippen molar-refractivity contribution in [1.29, 1.82) is 0 Å². The molecule has 2 aromatic rings. The van der Waals surface area contributed by atoms with Crippen LogP contribution in [0.4, 0.5) is 15.8 Å². The fraction of sp³-hybridized carbons (Fsp3) is 0.250. The van der Waals surface area contributed by atoms with Crippen LogP contribution in [0, 0.1) is 39.6 Å². The molecule has 0 aromatic heterocycles. The van der Waals surface area contributed by atoms with Crippen LogP contribution >= 0.6 is 0 Å². The van der Waals surface area contributed by atoms with E-state index in [1.165, 1.54) is 36.4 Å². The minimum Gasteiger partial charge on any atom is -0.483 e. The van der Waals surface area contributed by atoms with E-state index in [2.05, 4.69) is 10.4 Å². The lowest BCUT2D eigenvalue weighted by molar-refractivity contribution is -0.384. The summed E-state index contributed by atoms with van der Waals surface area (Å²) in [5.74, 6) is -2.62. The number of fused-ring (bicyclic) bond motifs is 5. The van der Waals surface area contributed by atoms with Gasteiger partial charge in [-0.25, -0.2) is 4.39 Å². The number of nitro benzene ring substituents is 1. The van der Waals surface area contributed by atoms with Gasteiger partial charge in [0.2, 0.25) is 0 Å². The molecule has 2 fully saturated rings. The second kappa shape index (κ2) is 8.75. The van der Waals surface area contributed by atoms with Crippen LogP contribution in [0.5, 0.6) is 5.75 Å². The summed E-state index contributed by atoms with van der Waals surface area (Å²) in [6.07, 6.45) is 5.85. The maximum Gasteiger partial charge on any atom is 0.270 e. The maximum atomic E-state index is 13.3. The third-order valence-electron chi connectivity index (χ3n) is 6.43. The zero-order valence-electron chi connectivity index (χ0n) is 18.2. The Balaban J connectivity index is 1.32. The molecule has 11 heteroatoms. The lowest BCUT2D eigenvalue weighted by Gasteiger charge is -2.13. The van der Waals surface area contributed by atoms with Crippen molar-refractivity contribution in [3.05, 3.63) is 76.1 Å². The normalized spacial score (nSPS) is 24.3. The van der Waals surface area contributed by atoms with Gasteiger partial charge in [-0.3, -0.25) is 24.5 Å². The summed E-state index contributed by atoms with van der Waals surface area (Å²) in [7, 11) is 0. The molecule has 178 valence electrons. The number of hydrogen-bond acceptors (Lipinski definition) is 7. The van der Waals surface area contributed by atoms with Crippen LogP contribution in [0.25, 0.3) is 0 Å². The van der Waals surface area contributed by atoms with E-state index in [0.717, 1.165) is 23.7 Å². The van der Waals surface area contributed by atoms with Crippen molar-refractivity contribution >= 4 is 35.3 Å². The van der Waals surface area contributed by atoms with E-state index in [9.17, 15) is 28.9 Å². The first-order valence-electron chi connectivity index (χ1n) is 10.9. The molecule has 3 aliphatic rings. The number of halogens is 1. The number of hydrogen-bond donors (Lipinski definition) is 1. The van der Waals surface area contributed by atoms with Gasteiger partial charge < -0.3 is 10.1 Å². The molecule has 0 spiro atoms. The average Bonchev–Trinajstić information content (AvgIpc) is 3.50. The lowest BCUT2D eigenvalue weighted by atomic mass is 9.85. The highest BCUT2D eigenvalue weighted by Gasteiger charge is 2.59. The third-order valence-corrected chi connectivity index (χ3v) is 6.43.